The second-order valence-electron chi connectivity index (χ2n) is 9.81. The van der Waals surface area contributed by atoms with Crippen molar-refractivity contribution in [2.24, 2.45) is 12.8 Å². The Morgan fingerprint density at radius 1 is 1.32 bits per heavy atom. The van der Waals surface area contributed by atoms with Gasteiger partial charge in [-0.1, -0.05) is 20.8 Å². The molecule has 1 aromatic carbocycles. The van der Waals surface area contributed by atoms with Gasteiger partial charge >= 0.3 is 0 Å². The number of thioether (sulfide) groups is 1. The van der Waals surface area contributed by atoms with E-state index in [1.807, 2.05) is 25.4 Å². The van der Waals surface area contributed by atoms with E-state index in [1.165, 1.54) is 18.0 Å². The Bertz CT molecular complexity index is 1320. The highest BCUT2D eigenvalue weighted by Gasteiger charge is 2.23. The van der Waals surface area contributed by atoms with Crippen LogP contribution in [0, 0.1) is 0 Å². The molecule has 196 valence electrons. The van der Waals surface area contributed by atoms with Gasteiger partial charge in [0.25, 0.3) is 5.91 Å². The van der Waals surface area contributed by atoms with Gasteiger partial charge in [-0.2, -0.15) is 5.10 Å². The second-order valence-corrected chi connectivity index (χ2v) is 10.7. The normalized spacial score (nSPS) is 13.8. The molecule has 4 N–H and O–H groups in total. The van der Waals surface area contributed by atoms with Gasteiger partial charge in [-0.05, 0) is 36.9 Å². The van der Waals surface area contributed by atoms with Crippen molar-refractivity contribution in [2.45, 2.75) is 50.0 Å². The van der Waals surface area contributed by atoms with Crippen LogP contribution >= 0.6 is 11.8 Å². The number of fused-ring (bicyclic) bond motifs is 1. The maximum Gasteiger partial charge on any atom is 0.263 e. The summed E-state index contributed by atoms with van der Waals surface area (Å²) in [7, 11) is 1.88. The fourth-order valence-electron chi connectivity index (χ4n) is 3.85. The number of pyridine rings is 1. The maximum absolute atomic E-state index is 12.7. The van der Waals surface area contributed by atoms with E-state index in [1.54, 1.807) is 22.9 Å². The van der Waals surface area contributed by atoms with Crippen molar-refractivity contribution in [2.75, 3.05) is 23.5 Å². The molecule has 1 aliphatic rings. The Morgan fingerprint density at radius 3 is 2.81 bits per heavy atom. The molecular formula is C26H32N6O4S. The largest absolute Gasteiger partial charge is 0.476 e. The number of carbonyl (C=O) groups is 2. The molecule has 2 aromatic heterocycles. The number of nitrogens with zero attached hydrogens (tertiary/aromatic N) is 3. The van der Waals surface area contributed by atoms with E-state index < -0.39 is 0 Å². The molecule has 1 aliphatic heterocycles. The Labute approximate surface area is 220 Å². The van der Waals surface area contributed by atoms with Crippen molar-refractivity contribution in [3.8, 4) is 17.2 Å². The standard InChI is InChI=1S/C26H32N6O4S/c1-26(2,3)21-13-18(32(4)31-21)16(27)7-9-22(33)29-17-8-6-15(12-20(17)37-5)36-19-10-11-28-25-24(19)35-14-23(34)30-25/h6,8,10-13,16H,7,9,14,27H2,1-5H3,(H,29,33)(H,28,30,34). The van der Waals surface area contributed by atoms with Gasteiger partial charge < -0.3 is 25.8 Å². The van der Waals surface area contributed by atoms with Crippen LogP contribution in [0.3, 0.4) is 0 Å². The average Bonchev–Trinajstić information content (AvgIpc) is 3.25. The number of aromatic nitrogens is 3. The molecule has 10 nitrogen and oxygen atoms in total. The number of hydrogen-bond acceptors (Lipinski definition) is 8. The van der Waals surface area contributed by atoms with Crippen molar-refractivity contribution in [1.82, 2.24) is 14.8 Å². The monoisotopic (exact) mass is 524 g/mol. The molecule has 2 amide bonds. The van der Waals surface area contributed by atoms with Crippen LogP contribution in [0.25, 0.3) is 0 Å². The van der Waals surface area contributed by atoms with Gasteiger partial charge in [-0.25, -0.2) is 4.98 Å². The summed E-state index contributed by atoms with van der Waals surface area (Å²) in [6.07, 6.45) is 4.23. The van der Waals surface area contributed by atoms with Crippen LogP contribution in [0.2, 0.25) is 0 Å². The third-order valence-corrected chi connectivity index (χ3v) is 6.67. The summed E-state index contributed by atoms with van der Waals surface area (Å²) in [6, 6.07) is 8.79. The topological polar surface area (TPSA) is 133 Å². The zero-order chi connectivity index (χ0) is 26.7. The first-order chi connectivity index (χ1) is 17.5. The minimum atomic E-state index is -0.298. The highest BCUT2D eigenvalue weighted by molar-refractivity contribution is 7.98. The minimum Gasteiger partial charge on any atom is -0.476 e. The van der Waals surface area contributed by atoms with Gasteiger partial charge in [-0.15, -0.1) is 11.8 Å². The summed E-state index contributed by atoms with van der Waals surface area (Å²) in [5.74, 6) is 1.31. The van der Waals surface area contributed by atoms with Crippen molar-refractivity contribution < 1.29 is 19.1 Å². The quantitative estimate of drug-likeness (QED) is 0.370. The van der Waals surface area contributed by atoms with Gasteiger partial charge in [0.1, 0.15) is 5.75 Å². The van der Waals surface area contributed by atoms with E-state index in [0.29, 0.717) is 35.2 Å². The highest BCUT2D eigenvalue weighted by Crippen LogP contribution is 2.39. The first-order valence-electron chi connectivity index (χ1n) is 11.9. The van der Waals surface area contributed by atoms with E-state index in [9.17, 15) is 9.59 Å². The molecule has 0 spiro atoms. The number of hydrogen-bond donors (Lipinski definition) is 3. The molecule has 4 rings (SSSR count). The van der Waals surface area contributed by atoms with Gasteiger partial charge in [0, 0.05) is 42.1 Å². The molecular weight excluding hydrogens is 492 g/mol. The summed E-state index contributed by atoms with van der Waals surface area (Å²) >= 11 is 1.49. The Balaban J connectivity index is 1.39. The molecule has 11 heteroatoms. The van der Waals surface area contributed by atoms with Gasteiger partial charge in [-0.3, -0.25) is 14.3 Å². The second kappa shape index (κ2) is 10.8. The van der Waals surface area contributed by atoms with Gasteiger partial charge in [0.2, 0.25) is 11.7 Å². The Hall–Kier alpha value is -3.57. The van der Waals surface area contributed by atoms with E-state index in [4.69, 9.17) is 15.2 Å². The maximum atomic E-state index is 12.7. The summed E-state index contributed by atoms with van der Waals surface area (Å²) in [5.41, 5.74) is 8.90. The Morgan fingerprint density at radius 2 is 2.11 bits per heavy atom. The predicted molar refractivity (Wildman–Crippen MR) is 143 cm³/mol. The number of nitrogens with two attached hydrogens (primary N) is 1. The molecule has 0 saturated heterocycles. The van der Waals surface area contributed by atoms with E-state index in [-0.39, 0.29) is 36.3 Å². The minimum absolute atomic E-state index is 0.0725. The van der Waals surface area contributed by atoms with Gasteiger partial charge in [0.15, 0.2) is 18.2 Å². The van der Waals surface area contributed by atoms with Crippen molar-refractivity contribution in [3.63, 3.8) is 0 Å². The van der Waals surface area contributed by atoms with Crippen LogP contribution in [0.1, 0.15) is 51.0 Å². The number of benzene rings is 1. The lowest BCUT2D eigenvalue weighted by molar-refractivity contribution is -0.119. The zero-order valence-electron chi connectivity index (χ0n) is 21.6. The van der Waals surface area contributed by atoms with Crippen molar-refractivity contribution in [3.05, 3.63) is 47.9 Å². The number of carbonyl (C=O) groups excluding carboxylic acids is 2. The number of amides is 2. The van der Waals surface area contributed by atoms with Gasteiger partial charge in [0.05, 0.1) is 17.1 Å². The smallest absolute Gasteiger partial charge is 0.263 e. The molecule has 0 fully saturated rings. The van der Waals surface area contributed by atoms with Crippen LogP contribution in [-0.2, 0) is 22.1 Å². The third kappa shape index (κ3) is 6.23. The lowest BCUT2D eigenvalue weighted by Gasteiger charge is -2.19. The Kier molecular flexibility index (Phi) is 7.74. The molecule has 1 atom stereocenters. The number of nitrogens with one attached hydrogen (secondary N) is 2. The van der Waals surface area contributed by atoms with Crippen LogP contribution in [0.15, 0.2) is 41.4 Å². The average molecular weight is 525 g/mol. The molecule has 0 saturated carbocycles. The van der Waals surface area contributed by atoms with Crippen molar-refractivity contribution >= 4 is 35.1 Å². The van der Waals surface area contributed by atoms with E-state index >= 15 is 0 Å². The summed E-state index contributed by atoms with van der Waals surface area (Å²) in [6.45, 7) is 6.22. The zero-order valence-corrected chi connectivity index (χ0v) is 22.4. The highest BCUT2D eigenvalue weighted by atomic mass is 32.2. The first kappa shape index (κ1) is 26.5. The molecule has 0 radical (unpaired) electrons. The predicted octanol–water partition coefficient (Wildman–Crippen LogP) is 4.38. The lowest BCUT2D eigenvalue weighted by Crippen LogP contribution is -2.26. The number of anilines is 2. The lowest BCUT2D eigenvalue weighted by atomic mass is 9.92. The molecule has 3 heterocycles. The fraction of sp³-hybridized carbons (Fsp3) is 0.385. The number of rotatable bonds is 8. The number of aryl methyl sites for hydroxylation is 1. The molecule has 1 unspecified atom stereocenters. The number of ether oxygens (including phenoxy) is 2. The first-order valence-corrected chi connectivity index (χ1v) is 13.1. The van der Waals surface area contributed by atoms with Crippen molar-refractivity contribution in [1.29, 1.82) is 0 Å². The fourth-order valence-corrected chi connectivity index (χ4v) is 4.43. The van der Waals surface area contributed by atoms with Crippen LogP contribution in [0.5, 0.6) is 17.2 Å². The molecule has 0 aliphatic carbocycles. The summed E-state index contributed by atoms with van der Waals surface area (Å²) < 4.78 is 13.3. The SMILES string of the molecule is CSc1cc(Oc2ccnc3c2OCC(=O)N3)ccc1NC(=O)CCC(N)c1cc(C(C)(C)C)nn1C. The summed E-state index contributed by atoms with van der Waals surface area (Å²) in [5, 5.41) is 10.2. The molecule has 37 heavy (non-hydrogen) atoms. The van der Waals surface area contributed by atoms with E-state index in [2.05, 4.69) is 41.5 Å². The van der Waals surface area contributed by atoms with Crippen LogP contribution < -0.4 is 25.8 Å². The van der Waals surface area contributed by atoms with Crippen LogP contribution in [0.4, 0.5) is 11.5 Å². The summed E-state index contributed by atoms with van der Waals surface area (Å²) in [4.78, 5) is 29.2. The molecule has 3 aromatic rings. The van der Waals surface area contributed by atoms with E-state index in [0.717, 1.165) is 16.3 Å². The third-order valence-electron chi connectivity index (χ3n) is 5.90. The van der Waals surface area contributed by atoms with Crippen LogP contribution in [-0.4, -0.2) is 39.4 Å². The molecule has 0 bridgehead atoms.